The van der Waals surface area contributed by atoms with Crippen molar-refractivity contribution in [3.63, 3.8) is 0 Å². The number of anilines is 3. The third-order valence-electron chi connectivity index (χ3n) is 11.1. The minimum atomic E-state index is -0.577. The zero-order valence-electron chi connectivity index (χ0n) is 27.8. The summed E-state index contributed by atoms with van der Waals surface area (Å²) in [6.45, 7) is 0. The van der Waals surface area contributed by atoms with Gasteiger partial charge in [-0.25, -0.2) is 0 Å². The number of furan rings is 1. The van der Waals surface area contributed by atoms with Gasteiger partial charge in [-0.15, -0.1) is 0 Å². The fraction of sp³-hybridized carbons (Fsp3) is 0.0204. The second-order valence-electron chi connectivity index (χ2n) is 13.6. The Bertz CT molecular complexity index is 2770. The van der Waals surface area contributed by atoms with E-state index in [9.17, 15) is 0 Å². The van der Waals surface area contributed by atoms with E-state index >= 15 is 0 Å². The van der Waals surface area contributed by atoms with Gasteiger partial charge in [0.1, 0.15) is 11.2 Å². The molecule has 2 nitrogen and oxygen atoms in total. The summed E-state index contributed by atoms with van der Waals surface area (Å²) in [6, 6.07) is 68.6. The number of fused-ring (bicyclic) bond motifs is 16. The maximum absolute atomic E-state index is 6.50. The minimum Gasteiger partial charge on any atom is -0.456 e. The zero-order valence-corrected chi connectivity index (χ0v) is 27.8. The van der Waals surface area contributed by atoms with E-state index in [1.165, 1.54) is 61.0 Å². The molecular formula is C49H31NO. The highest BCUT2D eigenvalue weighted by atomic mass is 16.3. The van der Waals surface area contributed by atoms with E-state index < -0.39 is 5.41 Å². The van der Waals surface area contributed by atoms with Crippen molar-refractivity contribution in [2.75, 3.05) is 4.90 Å². The van der Waals surface area contributed by atoms with Crippen molar-refractivity contribution in [2.45, 2.75) is 5.41 Å². The van der Waals surface area contributed by atoms with Crippen LogP contribution in [-0.2, 0) is 5.41 Å². The molecule has 0 fully saturated rings. The molecule has 9 aromatic rings. The summed E-state index contributed by atoms with van der Waals surface area (Å²) in [7, 11) is 0. The van der Waals surface area contributed by atoms with Gasteiger partial charge in [0.2, 0.25) is 0 Å². The predicted octanol–water partition coefficient (Wildman–Crippen LogP) is 13.1. The Morgan fingerprint density at radius 3 is 1.61 bits per heavy atom. The normalized spacial score (nSPS) is 15.1. The van der Waals surface area contributed by atoms with E-state index in [1.54, 1.807) is 0 Å². The van der Waals surface area contributed by atoms with Crippen LogP contribution in [-0.4, -0.2) is 0 Å². The molecule has 2 heteroatoms. The van der Waals surface area contributed by atoms with Crippen molar-refractivity contribution in [1.82, 2.24) is 0 Å². The molecule has 1 spiro atoms. The summed E-state index contributed by atoms with van der Waals surface area (Å²) in [5.41, 5.74) is 17.3. The molecule has 2 aliphatic rings. The van der Waals surface area contributed by atoms with Gasteiger partial charge in [0.05, 0.1) is 5.41 Å². The highest BCUT2D eigenvalue weighted by molar-refractivity contribution is 6.16. The second kappa shape index (κ2) is 10.7. The van der Waals surface area contributed by atoms with E-state index in [0.29, 0.717) is 0 Å². The molecule has 0 saturated heterocycles. The van der Waals surface area contributed by atoms with Gasteiger partial charge in [0, 0.05) is 27.8 Å². The maximum atomic E-state index is 6.50. The fourth-order valence-corrected chi connectivity index (χ4v) is 9.13. The zero-order chi connectivity index (χ0) is 33.5. The first-order chi connectivity index (χ1) is 25.3. The standard InChI is InChI=1S/C49H31NO/c1-3-15-32(16-4-1)50(33-17-5-2-6-18-33)34-27-28-43-40(31-34)36-20-8-7-19-35(36)37-21-9-12-24-41(37)49(43)42-25-13-10-22-38(42)47-44(49)29-30-46-48(47)39-23-11-14-26-45(39)51-46/h1-31H. The minimum absolute atomic E-state index is 0.577. The van der Waals surface area contributed by atoms with Gasteiger partial charge in [-0.2, -0.15) is 0 Å². The summed E-state index contributed by atoms with van der Waals surface area (Å²) in [4.78, 5) is 2.37. The van der Waals surface area contributed by atoms with Gasteiger partial charge in [0.25, 0.3) is 0 Å². The van der Waals surface area contributed by atoms with Crippen molar-refractivity contribution in [3.05, 3.63) is 210 Å². The maximum Gasteiger partial charge on any atom is 0.136 e. The Labute approximate surface area is 296 Å². The lowest BCUT2D eigenvalue weighted by Crippen LogP contribution is -2.29. The van der Waals surface area contributed by atoms with Gasteiger partial charge in [-0.05, 0) is 104 Å². The predicted molar refractivity (Wildman–Crippen MR) is 210 cm³/mol. The van der Waals surface area contributed by atoms with Crippen molar-refractivity contribution in [3.8, 4) is 33.4 Å². The van der Waals surface area contributed by atoms with Crippen LogP contribution in [0.15, 0.2) is 192 Å². The summed E-state index contributed by atoms with van der Waals surface area (Å²) in [5.74, 6) is 0. The monoisotopic (exact) mass is 649 g/mol. The van der Waals surface area contributed by atoms with Gasteiger partial charge < -0.3 is 9.32 Å². The Balaban J connectivity index is 1.30. The third-order valence-corrected chi connectivity index (χ3v) is 11.1. The van der Waals surface area contributed by atoms with E-state index in [2.05, 4.69) is 193 Å². The molecule has 1 aromatic heterocycles. The number of hydrogen-bond acceptors (Lipinski definition) is 2. The van der Waals surface area contributed by atoms with Crippen LogP contribution in [0, 0.1) is 0 Å². The first-order valence-corrected chi connectivity index (χ1v) is 17.6. The van der Waals surface area contributed by atoms with Gasteiger partial charge in [-0.3, -0.25) is 0 Å². The Hall–Kier alpha value is -6.64. The molecule has 0 bridgehead atoms. The molecule has 0 N–H and O–H groups in total. The molecule has 51 heavy (non-hydrogen) atoms. The van der Waals surface area contributed by atoms with Crippen molar-refractivity contribution < 1.29 is 4.42 Å². The van der Waals surface area contributed by atoms with Crippen LogP contribution in [0.25, 0.3) is 55.3 Å². The van der Waals surface area contributed by atoms with Crippen molar-refractivity contribution in [1.29, 1.82) is 0 Å². The Morgan fingerprint density at radius 2 is 0.882 bits per heavy atom. The van der Waals surface area contributed by atoms with Gasteiger partial charge in [-0.1, -0.05) is 140 Å². The van der Waals surface area contributed by atoms with Crippen LogP contribution >= 0.6 is 0 Å². The fourth-order valence-electron chi connectivity index (χ4n) is 9.13. The van der Waals surface area contributed by atoms with E-state index in [0.717, 1.165) is 33.6 Å². The molecule has 1 atom stereocenters. The molecule has 238 valence electrons. The largest absolute Gasteiger partial charge is 0.456 e. The number of benzene rings is 8. The van der Waals surface area contributed by atoms with Crippen LogP contribution in [0.5, 0.6) is 0 Å². The van der Waals surface area contributed by atoms with Crippen LogP contribution in [0.3, 0.4) is 0 Å². The average molecular weight is 650 g/mol. The number of para-hydroxylation sites is 3. The number of rotatable bonds is 3. The second-order valence-corrected chi connectivity index (χ2v) is 13.6. The van der Waals surface area contributed by atoms with Crippen molar-refractivity contribution >= 4 is 39.0 Å². The number of hydrogen-bond donors (Lipinski definition) is 0. The Morgan fingerprint density at radius 1 is 0.353 bits per heavy atom. The van der Waals surface area contributed by atoms with Crippen LogP contribution in [0.2, 0.25) is 0 Å². The first-order valence-electron chi connectivity index (χ1n) is 17.6. The van der Waals surface area contributed by atoms with E-state index in [-0.39, 0.29) is 0 Å². The highest BCUT2D eigenvalue weighted by Crippen LogP contribution is 2.63. The molecular weight excluding hydrogens is 619 g/mol. The number of nitrogens with zero attached hydrogens (tertiary/aromatic N) is 1. The molecule has 1 heterocycles. The lowest BCUT2D eigenvalue weighted by molar-refractivity contribution is 0.668. The lowest BCUT2D eigenvalue weighted by atomic mass is 9.66. The summed E-state index contributed by atoms with van der Waals surface area (Å²) >= 11 is 0. The van der Waals surface area contributed by atoms with Crippen LogP contribution in [0.4, 0.5) is 17.1 Å². The van der Waals surface area contributed by atoms with Gasteiger partial charge >= 0.3 is 0 Å². The SMILES string of the molecule is c1ccc(N(c2ccccc2)c2ccc3c(c2)-c2ccccc2-c2ccccc2C32c3ccccc3-c3c2ccc2oc4ccccc4c32)cc1. The topological polar surface area (TPSA) is 16.4 Å². The molecule has 2 aliphatic carbocycles. The van der Waals surface area contributed by atoms with Gasteiger partial charge in [0.15, 0.2) is 0 Å². The first kappa shape index (κ1) is 28.2. The average Bonchev–Trinajstić information content (AvgIpc) is 3.69. The van der Waals surface area contributed by atoms with Crippen molar-refractivity contribution in [2.24, 2.45) is 0 Å². The molecule has 1 unspecified atom stereocenters. The van der Waals surface area contributed by atoms with E-state index in [1.807, 2.05) is 0 Å². The molecule has 0 radical (unpaired) electrons. The molecule has 11 rings (SSSR count). The van der Waals surface area contributed by atoms with Crippen LogP contribution in [0.1, 0.15) is 22.3 Å². The summed E-state index contributed by atoms with van der Waals surface area (Å²) in [5, 5.41) is 2.34. The molecule has 0 saturated carbocycles. The molecule has 8 aromatic carbocycles. The molecule has 0 aliphatic heterocycles. The Kier molecular flexibility index (Phi) is 5.91. The lowest BCUT2D eigenvalue weighted by Gasteiger charge is -2.36. The summed E-state index contributed by atoms with van der Waals surface area (Å²) < 4.78 is 6.50. The van der Waals surface area contributed by atoms with Crippen LogP contribution < -0.4 is 4.90 Å². The quantitative estimate of drug-likeness (QED) is 0.189. The smallest absolute Gasteiger partial charge is 0.136 e. The molecule has 0 amide bonds. The third kappa shape index (κ3) is 3.82. The van der Waals surface area contributed by atoms with E-state index in [4.69, 9.17) is 4.42 Å². The summed E-state index contributed by atoms with van der Waals surface area (Å²) in [6.07, 6.45) is 0. The highest BCUT2D eigenvalue weighted by Gasteiger charge is 2.50.